The van der Waals surface area contributed by atoms with Gasteiger partial charge in [0.25, 0.3) is 5.69 Å². The van der Waals surface area contributed by atoms with Crippen molar-refractivity contribution in [1.82, 2.24) is 20.0 Å². The predicted molar refractivity (Wildman–Crippen MR) is 122 cm³/mol. The van der Waals surface area contributed by atoms with Crippen LogP contribution in [0.5, 0.6) is 0 Å². The molecule has 0 saturated heterocycles. The number of para-hydroxylation sites is 1. The number of hydrogen-bond donors (Lipinski definition) is 1. The number of nitrogens with one attached hydrogen (secondary N) is 1. The first-order valence-corrected chi connectivity index (χ1v) is 10.7. The highest BCUT2D eigenvalue weighted by molar-refractivity contribution is 7.15. The van der Waals surface area contributed by atoms with E-state index in [2.05, 4.69) is 20.6 Å². The number of nitro groups is 1. The molecule has 32 heavy (non-hydrogen) atoms. The van der Waals surface area contributed by atoms with E-state index in [1.807, 2.05) is 44.2 Å². The van der Waals surface area contributed by atoms with Gasteiger partial charge in [0.1, 0.15) is 5.01 Å². The third-order valence-corrected chi connectivity index (χ3v) is 5.83. The molecule has 1 N–H and O–H groups in total. The zero-order valence-corrected chi connectivity index (χ0v) is 18.2. The van der Waals surface area contributed by atoms with Crippen LogP contribution < -0.4 is 5.32 Å². The molecule has 0 atom stereocenters. The molecule has 10 heteroatoms. The Balaban J connectivity index is 1.63. The molecular formula is C22H20N6O3S. The number of aromatic nitrogens is 4. The lowest BCUT2D eigenvalue weighted by atomic mass is 10.1. The van der Waals surface area contributed by atoms with Crippen LogP contribution in [0.4, 0.5) is 10.8 Å². The van der Waals surface area contributed by atoms with Crippen molar-refractivity contribution in [3.05, 3.63) is 81.5 Å². The monoisotopic (exact) mass is 448 g/mol. The van der Waals surface area contributed by atoms with Gasteiger partial charge in [-0.05, 0) is 24.3 Å². The maximum Gasteiger partial charge on any atom is 0.269 e. The van der Waals surface area contributed by atoms with Crippen molar-refractivity contribution in [2.24, 2.45) is 0 Å². The Morgan fingerprint density at radius 2 is 1.84 bits per heavy atom. The number of non-ortho nitro benzene ring substituents is 1. The van der Waals surface area contributed by atoms with E-state index in [4.69, 9.17) is 0 Å². The molecule has 0 aliphatic carbocycles. The first kappa shape index (κ1) is 21.3. The molecule has 2 heterocycles. The summed E-state index contributed by atoms with van der Waals surface area (Å²) in [6, 6.07) is 15.6. The fraction of sp³-hybridized carbons (Fsp3) is 0.182. The van der Waals surface area contributed by atoms with Gasteiger partial charge in [0.15, 0.2) is 0 Å². The SMILES string of the molecule is CC(C)c1nnc(NC(=O)Cc2cn(-c3ccccc3)nc2-c2ccc([N+](=O)[O-])cc2)s1. The van der Waals surface area contributed by atoms with Gasteiger partial charge < -0.3 is 5.32 Å². The topological polar surface area (TPSA) is 116 Å². The number of amides is 1. The zero-order chi connectivity index (χ0) is 22.7. The van der Waals surface area contributed by atoms with Crippen LogP contribution in [0, 0.1) is 10.1 Å². The number of carbonyl (C=O) groups excluding carboxylic acids is 1. The first-order chi connectivity index (χ1) is 15.4. The van der Waals surface area contributed by atoms with Crippen molar-refractivity contribution in [2.75, 3.05) is 5.32 Å². The van der Waals surface area contributed by atoms with Crippen molar-refractivity contribution in [3.63, 3.8) is 0 Å². The summed E-state index contributed by atoms with van der Waals surface area (Å²) >= 11 is 1.35. The quantitative estimate of drug-likeness (QED) is 0.326. The van der Waals surface area contributed by atoms with Gasteiger partial charge in [-0.3, -0.25) is 14.9 Å². The third-order valence-electron chi connectivity index (χ3n) is 4.69. The van der Waals surface area contributed by atoms with Crippen molar-refractivity contribution >= 4 is 28.1 Å². The van der Waals surface area contributed by atoms with Gasteiger partial charge in [-0.1, -0.05) is 43.4 Å². The minimum Gasteiger partial charge on any atom is -0.300 e. The van der Waals surface area contributed by atoms with Crippen LogP contribution in [0.15, 0.2) is 60.8 Å². The average Bonchev–Trinajstić information content (AvgIpc) is 3.42. The van der Waals surface area contributed by atoms with Gasteiger partial charge >= 0.3 is 0 Å². The molecule has 0 unspecified atom stereocenters. The smallest absolute Gasteiger partial charge is 0.269 e. The van der Waals surface area contributed by atoms with E-state index in [0.717, 1.165) is 10.7 Å². The predicted octanol–water partition coefficient (Wildman–Crippen LogP) is 4.60. The van der Waals surface area contributed by atoms with Crippen LogP contribution in [0.2, 0.25) is 0 Å². The Bertz CT molecular complexity index is 1250. The molecule has 0 spiro atoms. The minimum absolute atomic E-state index is 0.00670. The number of benzene rings is 2. The minimum atomic E-state index is -0.450. The lowest BCUT2D eigenvalue weighted by Gasteiger charge is -2.03. The second kappa shape index (κ2) is 9.06. The second-order valence-corrected chi connectivity index (χ2v) is 8.42. The molecule has 0 bridgehead atoms. The van der Waals surface area contributed by atoms with E-state index in [-0.39, 0.29) is 23.9 Å². The van der Waals surface area contributed by atoms with Crippen LogP contribution in [0.1, 0.15) is 30.3 Å². The van der Waals surface area contributed by atoms with Crippen molar-refractivity contribution in [3.8, 4) is 16.9 Å². The Morgan fingerprint density at radius 1 is 1.12 bits per heavy atom. The molecule has 0 radical (unpaired) electrons. The van der Waals surface area contributed by atoms with Gasteiger partial charge in [-0.15, -0.1) is 10.2 Å². The Hall–Kier alpha value is -3.92. The highest BCUT2D eigenvalue weighted by atomic mass is 32.1. The summed E-state index contributed by atoms with van der Waals surface area (Å²) in [6.45, 7) is 4.03. The van der Waals surface area contributed by atoms with Crippen LogP contribution in [0.3, 0.4) is 0 Å². The number of carbonyl (C=O) groups is 1. The van der Waals surface area contributed by atoms with E-state index in [0.29, 0.717) is 22.0 Å². The molecule has 0 aliphatic heterocycles. The normalized spacial score (nSPS) is 11.0. The summed E-state index contributed by atoms with van der Waals surface area (Å²) in [5.74, 6) is -0.0109. The standard InChI is InChI=1S/C22H20N6O3S/c1-14(2)21-24-25-22(32-21)23-19(29)12-16-13-27(17-6-4-3-5-7-17)26-20(16)15-8-10-18(11-9-15)28(30)31/h3-11,13-14H,12H2,1-2H3,(H,23,25,29). The van der Waals surface area contributed by atoms with Crippen LogP contribution in [0.25, 0.3) is 16.9 Å². The summed E-state index contributed by atoms with van der Waals surface area (Å²) in [6.07, 6.45) is 1.86. The van der Waals surface area contributed by atoms with Crippen LogP contribution >= 0.6 is 11.3 Å². The first-order valence-electron chi connectivity index (χ1n) is 9.92. The fourth-order valence-corrected chi connectivity index (χ4v) is 3.85. The molecule has 1 amide bonds. The van der Waals surface area contributed by atoms with Crippen molar-refractivity contribution in [1.29, 1.82) is 0 Å². The summed E-state index contributed by atoms with van der Waals surface area (Å²) in [5.41, 5.74) is 2.79. The van der Waals surface area contributed by atoms with E-state index in [1.54, 1.807) is 23.0 Å². The van der Waals surface area contributed by atoms with Gasteiger partial charge in [0.05, 0.1) is 22.7 Å². The molecular weight excluding hydrogens is 428 g/mol. The highest BCUT2D eigenvalue weighted by Gasteiger charge is 2.18. The molecule has 4 aromatic rings. The summed E-state index contributed by atoms with van der Waals surface area (Å²) in [5, 5.41) is 27.9. The van der Waals surface area contributed by atoms with Gasteiger partial charge in [-0.25, -0.2) is 4.68 Å². The molecule has 0 aliphatic rings. The Labute approximate surface area is 187 Å². The second-order valence-electron chi connectivity index (χ2n) is 7.41. The molecule has 0 saturated carbocycles. The molecule has 162 valence electrons. The van der Waals surface area contributed by atoms with E-state index < -0.39 is 4.92 Å². The number of anilines is 1. The molecule has 4 rings (SSSR count). The number of nitro benzene ring substituents is 1. The molecule has 9 nitrogen and oxygen atoms in total. The number of hydrogen-bond acceptors (Lipinski definition) is 7. The summed E-state index contributed by atoms with van der Waals surface area (Å²) in [7, 11) is 0. The number of nitrogens with zero attached hydrogens (tertiary/aromatic N) is 5. The maximum absolute atomic E-state index is 12.7. The van der Waals surface area contributed by atoms with Gasteiger partial charge in [0, 0.05) is 35.4 Å². The van der Waals surface area contributed by atoms with Crippen molar-refractivity contribution < 1.29 is 9.72 Å². The van der Waals surface area contributed by atoms with Crippen LogP contribution in [-0.4, -0.2) is 30.8 Å². The van der Waals surface area contributed by atoms with Gasteiger partial charge in [0.2, 0.25) is 11.0 Å². The summed E-state index contributed by atoms with van der Waals surface area (Å²) in [4.78, 5) is 23.3. The highest BCUT2D eigenvalue weighted by Crippen LogP contribution is 2.27. The Kier molecular flexibility index (Phi) is 6.04. The largest absolute Gasteiger partial charge is 0.300 e. The van der Waals surface area contributed by atoms with Gasteiger partial charge in [-0.2, -0.15) is 5.10 Å². The van der Waals surface area contributed by atoms with Crippen molar-refractivity contribution in [2.45, 2.75) is 26.2 Å². The van der Waals surface area contributed by atoms with E-state index in [9.17, 15) is 14.9 Å². The maximum atomic E-state index is 12.7. The summed E-state index contributed by atoms with van der Waals surface area (Å²) < 4.78 is 1.70. The molecule has 0 fully saturated rings. The Morgan fingerprint density at radius 3 is 2.47 bits per heavy atom. The van der Waals surface area contributed by atoms with E-state index in [1.165, 1.54) is 23.5 Å². The molecule has 2 aromatic carbocycles. The number of rotatable bonds is 7. The van der Waals surface area contributed by atoms with Crippen LogP contribution in [-0.2, 0) is 11.2 Å². The lowest BCUT2D eigenvalue weighted by molar-refractivity contribution is -0.384. The fourth-order valence-electron chi connectivity index (χ4n) is 3.09. The lowest BCUT2D eigenvalue weighted by Crippen LogP contribution is -2.14. The molecule has 2 aromatic heterocycles. The van der Waals surface area contributed by atoms with E-state index >= 15 is 0 Å². The zero-order valence-electron chi connectivity index (χ0n) is 17.4. The average molecular weight is 449 g/mol. The third kappa shape index (κ3) is 4.70.